The minimum absolute atomic E-state index is 0.0445. The standard InChI is InChI=1S/C10H10BrClN2O/c11-7-4-8(9(12)13-5-7)14-10(15)6-2-1-3-6/h4-6H,1-3H2,(H,14,15). The van der Waals surface area contributed by atoms with Crippen molar-refractivity contribution in [3.8, 4) is 0 Å². The van der Waals surface area contributed by atoms with Crippen molar-refractivity contribution in [1.29, 1.82) is 0 Å². The molecule has 1 aromatic rings. The molecule has 80 valence electrons. The first-order valence-electron chi connectivity index (χ1n) is 4.79. The van der Waals surface area contributed by atoms with E-state index in [1.165, 1.54) is 0 Å². The third kappa shape index (κ3) is 2.49. The molecule has 0 atom stereocenters. The third-order valence-corrected chi connectivity index (χ3v) is 3.27. The van der Waals surface area contributed by atoms with Crippen molar-refractivity contribution in [3.63, 3.8) is 0 Å². The minimum atomic E-state index is 0.0445. The molecule has 0 aliphatic heterocycles. The maximum Gasteiger partial charge on any atom is 0.227 e. The second-order valence-electron chi connectivity index (χ2n) is 3.61. The molecule has 1 heterocycles. The monoisotopic (exact) mass is 288 g/mol. The first-order chi connectivity index (χ1) is 7.16. The molecule has 0 spiro atoms. The van der Waals surface area contributed by atoms with Gasteiger partial charge in [-0.3, -0.25) is 4.79 Å². The average Bonchev–Trinajstić information content (AvgIpc) is 2.08. The van der Waals surface area contributed by atoms with E-state index >= 15 is 0 Å². The smallest absolute Gasteiger partial charge is 0.227 e. The van der Waals surface area contributed by atoms with Gasteiger partial charge in [0.1, 0.15) is 0 Å². The second kappa shape index (κ2) is 4.49. The Balaban J connectivity index is 2.09. The number of carbonyl (C=O) groups is 1. The predicted molar refractivity (Wildman–Crippen MR) is 62.9 cm³/mol. The molecule has 15 heavy (non-hydrogen) atoms. The number of carbonyl (C=O) groups excluding carboxylic acids is 1. The molecule has 2 rings (SSSR count). The number of pyridine rings is 1. The van der Waals surface area contributed by atoms with Gasteiger partial charge in [-0.1, -0.05) is 18.0 Å². The summed E-state index contributed by atoms with van der Waals surface area (Å²) in [6.45, 7) is 0. The Morgan fingerprint density at radius 1 is 1.60 bits per heavy atom. The second-order valence-corrected chi connectivity index (χ2v) is 4.88. The topological polar surface area (TPSA) is 42.0 Å². The van der Waals surface area contributed by atoms with Crippen LogP contribution in [0.5, 0.6) is 0 Å². The zero-order valence-corrected chi connectivity index (χ0v) is 10.3. The number of hydrogen-bond donors (Lipinski definition) is 1. The molecule has 0 unspecified atom stereocenters. The fraction of sp³-hybridized carbons (Fsp3) is 0.400. The largest absolute Gasteiger partial charge is 0.323 e. The Kier molecular flexibility index (Phi) is 3.26. The van der Waals surface area contributed by atoms with Crippen molar-refractivity contribution >= 4 is 39.1 Å². The van der Waals surface area contributed by atoms with E-state index in [4.69, 9.17) is 11.6 Å². The molecule has 5 heteroatoms. The van der Waals surface area contributed by atoms with Gasteiger partial charge in [0.2, 0.25) is 5.91 Å². The van der Waals surface area contributed by atoms with E-state index < -0.39 is 0 Å². The normalized spacial score (nSPS) is 15.9. The number of halogens is 2. The lowest BCUT2D eigenvalue weighted by Gasteiger charge is -2.24. The lowest BCUT2D eigenvalue weighted by molar-refractivity contribution is -0.122. The molecular weight excluding hydrogens is 279 g/mol. The van der Waals surface area contributed by atoms with E-state index in [1.54, 1.807) is 12.3 Å². The van der Waals surface area contributed by atoms with Crippen molar-refractivity contribution < 1.29 is 4.79 Å². The summed E-state index contributed by atoms with van der Waals surface area (Å²) < 4.78 is 0.802. The van der Waals surface area contributed by atoms with Crippen LogP contribution < -0.4 is 5.32 Å². The number of nitrogens with zero attached hydrogens (tertiary/aromatic N) is 1. The van der Waals surface area contributed by atoms with E-state index in [0.717, 1.165) is 23.7 Å². The average molecular weight is 290 g/mol. The van der Waals surface area contributed by atoms with Crippen LogP contribution in [0.2, 0.25) is 5.15 Å². The Morgan fingerprint density at radius 2 is 2.33 bits per heavy atom. The first kappa shape index (κ1) is 10.9. The van der Waals surface area contributed by atoms with Crippen molar-refractivity contribution in [2.45, 2.75) is 19.3 Å². The molecule has 1 amide bonds. The number of rotatable bonds is 2. The van der Waals surface area contributed by atoms with E-state index in [-0.39, 0.29) is 11.8 Å². The number of anilines is 1. The highest BCUT2D eigenvalue weighted by molar-refractivity contribution is 9.10. The fourth-order valence-electron chi connectivity index (χ4n) is 1.42. The highest BCUT2D eigenvalue weighted by atomic mass is 79.9. The van der Waals surface area contributed by atoms with Crippen molar-refractivity contribution in [2.75, 3.05) is 5.32 Å². The molecule has 1 aromatic heterocycles. The van der Waals surface area contributed by atoms with Crippen molar-refractivity contribution in [2.24, 2.45) is 5.92 Å². The lowest BCUT2D eigenvalue weighted by atomic mass is 9.85. The molecular formula is C10H10BrClN2O. The van der Waals surface area contributed by atoms with Gasteiger partial charge in [-0.15, -0.1) is 0 Å². The SMILES string of the molecule is O=C(Nc1cc(Br)cnc1Cl)C1CCC1. The molecule has 1 saturated carbocycles. The van der Waals surface area contributed by atoms with Crippen LogP contribution >= 0.6 is 27.5 Å². The lowest BCUT2D eigenvalue weighted by Crippen LogP contribution is -2.28. The summed E-state index contributed by atoms with van der Waals surface area (Å²) in [5, 5.41) is 3.11. The van der Waals surface area contributed by atoms with Crippen LogP contribution in [0.15, 0.2) is 16.7 Å². The summed E-state index contributed by atoms with van der Waals surface area (Å²) in [5.41, 5.74) is 0.572. The Bertz CT molecular complexity index is 393. The van der Waals surface area contributed by atoms with Gasteiger partial charge in [0, 0.05) is 16.6 Å². The fourth-order valence-corrected chi connectivity index (χ4v) is 1.90. The third-order valence-electron chi connectivity index (χ3n) is 2.54. The molecule has 1 fully saturated rings. The quantitative estimate of drug-likeness (QED) is 0.849. The summed E-state index contributed by atoms with van der Waals surface area (Å²) >= 11 is 9.14. The van der Waals surface area contributed by atoms with Crippen LogP contribution in [0.3, 0.4) is 0 Å². The zero-order chi connectivity index (χ0) is 10.8. The van der Waals surface area contributed by atoms with E-state index in [1.807, 2.05) is 0 Å². The minimum Gasteiger partial charge on any atom is -0.323 e. The summed E-state index contributed by atoms with van der Waals surface area (Å²) in [6, 6.07) is 1.76. The van der Waals surface area contributed by atoms with Crippen LogP contribution in [0.25, 0.3) is 0 Å². The Hall–Kier alpha value is -0.610. The number of nitrogens with one attached hydrogen (secondary N) is 1. The highest BCUT2D eigenvalue weighted by Crippen LogP contribution is 2.29. The number of amides is 1. The van der Waals surface area contributed by atoms with E-state index in [2.05, 4.69) is 26.2 Å². The van der Waals surface area contributed by atoms with E-state index in [9.17, 15) is 4.79 Å². The van der Waals surface area contributed by atoms with Gasteiger partial charge in [-0.2, -0.15) is 0 Å². The number of aromatic nitrogens is 1. The van der Waals surface area contributed by atoms with Gasteiger partial charge in [0.25, 0.3) is 0 Å². The van der Waals surface area contributed by atoms with Crippen LogP contribution in [0, 0.1) is 5.92 Å². The summed E-state index contributed by atoms with van der Waals surface area (Å²) in [6.07, 6.45) is 4.69. The van der Waals surface area contributed by atoms with Crippen LogP contribution in [0.4, 0.5) is 5.69 Å². The Morgan fingerprint density at radius 3 is 2.93 bits per heavy atom. The maximum atomic E-state index is 11.6. The molecule has 0 saturated heterocycles. The van der Waals surface area contributed by atoms with Gasteiger partial charge in [-0.05, 0) is 34.8 Å². The summed E-state index contributed by atoms with van der Waals surface area (Å²) in [7, 11) is 0. The van der Waals surface area contributed by atoms with E-state index in [0.29, 0.717) is 10.8 Å². The summed E-state index contributed by atoms with van der Waals surface area (Å²) in [5.74, 6) is 0.197. The molecule has 0 radical (unpaired) electrons. The zero-order valence-electron chi connectivity index (χ0n) is 7.96. The van der Waals surface area contributed by atoms with Crippen molar-refractivity contribution in [1.82, 2.24) is 4.98 Å². The maximum absolute atomic E-state index is 11.6. The van der Waals surface area contributed by atoms with Crippen LogP contribution in [-0.4, -0.2) is 10.9 Å². The summed E-state index contributed by atoms with van der Waals surface area (Å²) in [4.78, 5) is 15.6. The van der Waals surface area contributed by atoms with Gasteiger partial charge in [0.05, 0.1) is 5.69 Å². The van der Waals surface area contributed by atoms with Gasteiger partial charge in [-0.25, -0.2) is 4.98 Å². The van der Waals surface area contributed by atoms with Gasteiger partial charge in [0.15, 0.2) is 5.15 Å². The van der Waals surface area contributed by atoms with Crippen LogP contribution in [-0.2, 0) is 4.79 Å². The molecule has 3 nitrogen and oxygen atoms in total. The molecule has 0 aromatic carbocycles. The van der Waals surface area contributed by atoms with Crippen molar-refractivity contribution in [3.05, 3.63) is 21.9 Å². The molecule has 1 aliphatic carbocycles. The molecule has 1 aliphatic rings. The molecule has 0 bridgehead atoms. The van der Waals surface area contributed by atoms with Crippen LogP contribution in [0.1, 0.15) is 19.3 Å². The number of hydrogen-bond acceptors (Lipinski definition) is 2. The Labute approximate surface area is 101 Å². The predicted octanol–water partition coefficient (Wildman–Crippen LogP) is 3.24. The highest BCUT2D eigenvalue weighted by Gasteiger charge is 2.25. The first-order valence-corrected chi connectivity index (χ1v) is 5.96. The molecule has 1 N–H and O–H groups in total. The van der Waals surface area contributed by atoms with Gasteiger partial charge < -0.3 is 5.32 Å². The van der Waals surface area contributed by atoms with Gasteiger partial charge >= 0.3 is 0 Å².